The van der Waals surface area contributed by atoms with Gasteiger partial charge in [-0.1, -0.05) is 6.42 Å². The van der Waals surface area contributed by atoms with E-state index in [4.69, 9.17) is 0 Å². The summed E-state index contributed by atoms with van der Waals surface area (Å²) in [6.45, 7) is 2.83. The van der Waals surface area contributed by atoms with Crippen molar-refractivity contribution in [3.63, 3.8) is 0 Å². The zero-order chi connectivity index (χ0) is 11.5. The Morgan fingerprint density at radius 3 is 2.50 bits per heavy atom. The van der Waals surface area contributed by atoms with Crippen LogP contribution < -0.4 is 5.32 Å². The van der Waals surface area contributed by atoms with Crippen molar-refractivity contribution in [3.8, 4) is 0 Å². The van der Waals surface area contributed by atoms with Crippen molar-refractivity contribution in [2.24, 2.45) is 0 Å². The number of rotatable bonds is 4. The number of aliphatic hydroxyl groups excluding tert-OH is 1. The molecule has 0 saturated carbocycles. The summed E-state index contributed by atoms with van der Waals surface area (Å²) < 4.78 is 0. The SMILES string of the molecule is CC(O)CCNC1CC2CCCC(C1)N2C. The van der Waals surface area contributed by atoms with Gasteiger partial charge in [-0.05, 0) is 52.6 Å². The molecular formula is C13H26N2O. The van der Waals surface area contributed by atoms with E-state index in [2.05, 4.69) is 17.3 Å². The molecule has 0 amide bonds. The molecule has 3 heteroatoms. The van der Waals surface area contributed by atoms with Crippen LogP contribution in [0.5, 0.6) is 0 Å². The lowest BCUT2D eigenvalue weighted by Gasteiger charge is -2.47. The van der Waals surface area contributed by atoms with E-state index in [-0.39, 0.29) is 6.10 Å². The first-order valence-corrected chi connectivity index (χ1v) is 6.80. The molecule has 2 aliphatic rings. The van der Waals surface area contributed by atoms with Crippen LogP contribution in [0.2, 0.25) is 0 Å². The maximum atomic E-state index is 9.24. The molecule has 2 rings (SSSR count). The first-order chi connectivity index (χ1) is 7.66. The lowest BCUT2D eigenvalue weighted by Crippen LogP contribution is -2.54. The Hall–Kier alpha value is -0.120. The Morgan fingerprint density at radius 2 is 1.94 bits per heavy atom. The van der Waals surface area contributed by atoms with Crippen LogP contribution in [0, 0.1) is 0 Å². The van der Waals surface area contributed by atoms with E-state index in [1.165, 1.54) is 32.1 Å². The van der Waals surface area contributed by atoms with Gasteiger partial charge in [-0.2, -0.15) is 0 Å². The van der Waals surface area contributed by atoms with Crippen LogP contribution in [0.1, 0.15) is 45.4 Å². The van der Waals surface area contributed by atoms with Crippen molar-refractivity contribution in [2.45, 2.75) is 69.7 Å². The summed E-state index contributed by atoms with van der Waals surface area (Å²) in [5.41, 5.74) is 0. The Balaban J connectivity index is 1.76. The highest BCUT2D eigenvalue weighted by Crippen LogP contribution is 2.32. The average molecular weight is 226 g/mol. The summed E-state index contributed by atoms with van der Waals surface area (Å²) in [7, 11) is 2.29. The van der Waals surface area contributed by atoms with E-state index in [1.807, 2.05) is 6.92 Å². The minimum Gasteiger partial charge on any atom is -0.393 e. The number of nitrogens with zero attached hydrogens (tertiary/aromatic N) is 1. The minimum absolute atomic E-state index is 0.168. The largest absolute Gasteiger partial charge is 0.393 e. The second kappa shape index (κ2) is 5.48. The van der Waals surface area contributed by atoms with Gasteiger partial charge in [0.05, 0.1) is 6.10 Å². The molecule has 2 fully saturated rings. The van der Waals surface area contributed by atoms with Gasteiger partial charge in [-0.15, -0.1) is 0 Å². The fourth-order valence-corrected chi connectivity index (χ4v) is 3.28. The fraction of sp³-hybridized carbons (Fsp3) is 1.00. The second-order valence-electron chi connectivity index (χ2n) is 5.66. The number of fused-ring (bicyclic) bond motifs is 2. The monoisotopic (exact) mass is 226 g/mol. The topological polar surface area (TPSA) is 35.5 Å². The number of hydrogen-bond donors (Lipinski definition) is 2. The van der Waals surface area contributed by atoms with E-state index in [0.29, 0.717) is 6.04 Å². The molecule has 94 valence electrons. The highest BCUT2D eigenvalue weighted by atomic mass is 16.3. The molecule has 2 heterocycles. The Kier molecular flexibility index (Phi) is 4.22. The van der Waals surface area contributed by atoms with Crippen molar-refractivity contribution in [1.29, 1.82) is 0 Å². The Bertz CT molecular complexity index is 206. The van der Waals surface area contributed by atoms with Crippen LogP contribution in [-0.4, -0.2) is 47.8 Å². The first-order valence-electron chi connectivity index (χ1n) is 6.80. The third-order valence-electron chi connectivity index (χ3n) is 4.33. The van der Waals surface area contributed by atoms with Crippen LogP contribution in [0.3, 0.4) is 0 Å². The number of piperidine rings is 2. The van der Waals surface area contributed by atoms with Crippen molar-refractivity contribution >= 4 is 0 Å². The smallest absolute Gasteiger partial charge is 0.0524 e. The van der Waals surface area contributed by atoms with E-state index in [1.54, 1.807) is 0 Å². The fourth-order valence-electron chi connectivity index (χ4n) is 3.28. The zero-order valence-electron chi connectivity index (χ0n) is 10.7. The molecule has 2 aliphatic heterocycles. The summed E-state index contributed by atoms with van der Waals surface area (Å²) in [6.07, 6.45) is 7.48. The van der Waals surface area contributed by atoms with Crippen LogP contribution in [0.4, 0.5) is 0 Å². The van der Waals surface area contributed by atoms with E-state index < -0.39 is 0 Å². The van der Waals surface area contributed by atoms with Crippen molar-refractivity contribution in [3.05, 3.63) is 0 Å². The normalized spacial score (nSPS) is 37.3. The van der Waals surface area contributed by atoms with Gasteiger partial charge in [0.15, 0.2) is 0 Å². The van der Waals surface area contributed by atoms with Gasteiger partial charge in [-0.3, -0.25) is 0 Å². The molecule has 3 nitrogen and oxygen atoms in total. The Labute approximate surface area is 99.2 Å². The lowest BCUT2D eigenvalue weighted by molar-refractivity contribution is 0.0477. The molecule has 0 aromatic carbocycles. The summed E-state index contributed by atoms with van der Waals surface area (Å²) in [5.74, 6) is 0. The maximum Gasteiger partial charge on any atom is 0.0524 e. The van der Waals surface area contributed by atoms with Crippen LogP contribution >= 0.6 is 0 Å². The van der Waals surface area contributed by atoms with Crippen LogP contribution in [0.25, 0.3) is 0 Å². The van der Waals surface area contributed by atoms with Crippen LogP contribution in [-0.2, 0) is 0 Å². The minimum atomic E-state index is -0.168. The molecular weight excluding hydrogens is 200 g/mol. The summed E-state index contributed by atoms with van der Waals surface area (Å²) >= 11 is 0. The lowest BCUT2D eigenvalue weighted by atomic mass is 9.82. The van der Waals surface area contributed by atoms with Crippen LogP contribution in [0.15, 0.2) is 0 Å². The molecule has 2 saturated heterocycles. The highest BCUT2D eigenvalue weighted by molar-refractivity contribution is 4.93. The average Bonchev–Trinajstić information content (AvgIpc) is 2.18. The van der Waals surface area contributed by atoms with Gasteiger partial charge < -0.3 is 15.3 Å². The van der Waals surface area contributed by atoms with Gasteiger partial charge in [-0.25, -0.2) is 0 Å². The first kappa shape index (κ1) is 12.3. The molecule has 0 aromatic heterocycles. The third-order valence-corrected chi connectivity index (χ3v) is 4.33. The molecule has 2 bridgehead atoms. The van der Waals surface area contributed by atoms with Gasteiger partial charge in [0.25, 0.3) is 0 Å². The van der Waals surface area contributed by atoms with Gasteiger partial charge in [0.2, 0.25) is 0 Å². The van der Waals surface area contributed by atoms with Crippen molar-refractivity contribution < 1.29 is 5.11 Å². The second-order valence-corrected chi connectivity index (χ2v) is 5.66. The number of aliphatic hydroxyl groups is 1. The maximum absolute atomic E-state index is 9.24. The molecule has 0 aromatic rings. The predicted molar refractivity (Wildman–Crippen MR) is 66.5 cm³/mol. The zero-order valence-corrected chi connectivity index (χ0v) is 10.7. The number of hydrogen-bond acceptors (Lipinski definition) is 3. The predicted octanol–water partition coefficient (Wildman–Crippen LogP) is 1.36. The Morgan fingerprint density at radius 1 is 1.31 bits per heavy atom. The van der Waals surface area contributed by atoms with E-state index >= 15 is 0 Å². The van der Waals surface area contributed by atoms with E-state index in [0.717, 1.165) is 25.0 Å². The molecule has 3 unspecified atom stereocenters. The van der Waals surface area contributed by atoms with Gasteiger partial charge in [0, 0.05) is 18.1 Å². The molecule has 0 radical (unpaired) electrons. The molecule has 0 spiro atoms. The van der Waals surface area contributed by atoms with Gasteiger partial charge >= 0.3 is 0 Å². The quantitative estimate of drug-likeness (QED) is 0.760. The highest BCUT2D eigenvalue weighted by Gasteiger charge is 2.35. The molecule has 16 heavy (non-hydrogen) atoms. The van der Waals surface area contributed by atoms with Crippen molar-refractivity contribution in [1.82, 2.24) is 10.2 Å². The number of nitrogens with one attached hydrogen (secondary N) is 1. The summed E-state index contributed by atoms with van der Waals surface area (Å²) in [6, 6.07) is 2.29. The summed E-state index contributed by atoms with van der Waals surface area (Å²) in [4.78, 5) is 2.59. The van der Waals surface area contributed by atoms with Crippen molar-refractivity contribution in [2.75, 3.05) is 13.6 Å². The third kappa shape index (κ3) is 2.96. The summed E-state index contributed by atoms with van der Waals surface area (Å²) in [5, 5.41) is 12.9. The molecule has 3 atom stereocenters. The standard InChI is InChI=1S/C13H26N2O/c1-10(16)6-7-14-11-8-12-4-3-5-13(9-11)15(12)2/h10-14,16H,3-9H2,1-2H3. The van der Waals surface area contributed by atoms with Gasteiger partial charge in [0.1, 0.15) is 0 Å². The molecule has 0 aliphatic carbocycles. The van der Waals surface area contributed by atoms with E-state index in [9.17, 15) is 5.11 Å². The molecule has 2 N–H and O–H groups in total.